The molecule has 0 spiro atoms. The third kappa shape index (κ3) is 3.58. The van der Waals surface area contributed by atoms with Gasteiger partial charge in [0.1, 0.15) is 12.4 Å². The van der Waals surface area contributed by atoms with E-state index in [1.807, 2.05) is 4.90 Å². The third-order valence-corrected chi connectivity index (χ3v) is 3.19. The number of carbonyl (C=O) groups is 1. The number of piperidine rings is 1. The van der Waals surface area contributed by atoms with E-state index in [-0.39, 0.29) is 5.91 Å². The van der Waals surface area contributed by atoms with Crippen LogP contribution in [0.2, 0.25) is 0 Å². The molecular formula is C14H18N2O3. The Labute approximate surface area is 112 Å². The first kappa shape index (κ1) is 13.6. The molecule has 2 heterocycles. The van der Waals surface area contributed by atoms with Gasteiger partial charge in [-0.15, -0.1) is 6.42 Å². The Morgan fingerprint density at radius 1 is 1.74 bits per heavy atom. The zero-order valence-corrected chi connectivity index (χ0v) is 11.1. The summed E-state index contributed by atoms with van der Waals surface area (Å²) in [5.74, 6) is 3.37. The predicted octanol–water partition coefficient (Wildman–Crippen LogP) is 1.49. The van der Waals surface area contributed by atoms with E-state index < -0.39 is 0 Å². The highest BCUT2D eigenvalue weighted by Gasteiger charge is 2.26. The van der Waals surface area contributed by atoms with Crippen molar-refractivity contribution in [3.63, 3.8) is 0 Å². The molecule has 0 saturated carbocycles. The number of rotatable bonds is 4. The highest BCUT2D eigenvalue weighted by Crippen LogP contribution is 2.19. The van der Waals surface area contributed by atoms with Crippen molar-refractivity contribution < 1.29 is 14.1 Å². The molecule has 1 aliphatic rings. The molecule has 0 aliphatic carbocycles. The number of carbonyl (C=O) groups excluding carboxylic acids is 1. The first-order valence-corrected chi connectivity index (χ1v) is 6.44. The number of likely N-dealkylation sites (tertiary alicyclic amines) is 1. The Morgan fingerprint density at radius 3 is 3.26 bits per heavy atom. The fraction of sp³-hybridized carbons (Fsp3) is 0.571. The van der Waals surface area contributed by atoms with Crippen molar-refractivity contribution in [1.82, 2.24) is 10.1 Å². The van der Waals surface area contributed by atoms with Crippen molar-refractivity contribution in [3.8, 4) is 12.3 Å². The molecule has 5 heteroatoms. The number of hydrogen-bond donors (Lipinski definition) is 0. The average Bonchev–Trinajstić information content (AvgIpc) is 2.85. The summed E-state index contributed by atoms with van der Waals surface area (Å²) >= 11 is 0. The highest BCUT2D eigenvalue weighted by atomic mass is 16.5. The molecule has 0 bridgehead atoms. The van der Waals surface area contributed by atoms with E-state index in [0.717, 1.165) is 19.4 Å². The third-order valence-electron chi connectivity index (χ3n) is 3.19. The summed E-state index contributed by atoms with van der Waals surface area (Å²) in [6, 6.07) is 1.67. The second-order valence-electron chi connectivity index (χ2n) is 4.80. The molecule has 1 amide bonds. The smallest absolute Gasteiger partial charge is 0.276 e. The molecule has 2 rings (SSSR count). The van der Waals surface area contributed by atoms with Crippen LogP contribution in [0.5, 0.6) is 0 Å². The molecule has 1 atom stereocenters. The maximum Gasteiger partial charge on any atom is 0.276 e. The molecule has 0 radical (unpaired) electrons. The molecule has 1 fully saturated rings. The number of nitrogens with zero attached hydrogens (tertiary/aromatic N) is 2. The van der Waals surface area contributed by atoms with Gasteiger partial charge in [-0.2, -0.15) is 0 Å². The molecule has 1 unspecified atom stereocenters. The number of ether oxygens (including phenoxy) is 1. The zero-order valence-electron chi connectivity index (χ0n) is 11.1. The Morgan fingerprint density at radius 2 is 2.58 bits per heavy atom. The summed E-state index contributed by atoms with van der Waals surface area (Å²) < 4.78 is 10.3. The molecule has 0 aromatic carbocycles. The van der Waals surface area contributed by atoms with E-state index in [4.69, 9.17) is 15.7 Å². The van der Waals surface area contributed by atoms with Crippen molar-refractivity contribution in [3.05, 3.63) is 17.5 Å². The molecule has 1 aromatic rings. The maximum absolute atomic E-state index is 12.2. The Balaban J connectivity index is 1.90. The van der Waals surface area contributed by atoms with Crippen LogP contribution in [0.25, 0.3) is 0 Å². The van der Waals surface area contributed by atoms with Crippen LogP contribution in [-0.4, -0.2) is 42.3 Å². The van der Waals surface area contributed by atoms with E-state index in [0.29, 0.717) is 37.1 Å². The van der Waals surface area contributed by atoms with Crippen molar-refractivity contribution in [2.75, 3.05) is 26.3 Å². The van der Waals surface area contributed by atoms with Crippen molar-refractivity contribution in [2.45, 2.75) is 19.8 Å². The van der Waals surface area contributed by atoms with Crippen LogP contribution in [0.4, 0.5) is 0 Å². The van der Waals surface area contributed by atoms with Gasteiger partial charge in [-0.3, -0.25) is 4.79 Å². The lowest BCUT2D eigenvalue weighted by molar-refractivity contribution is 0.0526. The monoisotopic (exact) mass is 262 g/mol. The van der Waals surface area contributed by atoms with Gasteiger partial charge in [0, 0.05) is 25.1 Å². The summed E-state index contributed by atoms with van der Waals surface area (Å²) in [4.78, 5) is 14.0. The molecule has 19 heavy (non-hydrogen) atoms. The van der Waals surface area contributed by atoms with Crippen LogP contribution in [-0.2, 0) is 4.74 Å². The number of hydrogen-bond acceptors (Lipinski definition) is 4. The van der Waals surface area contributed by atoms with Gasteiger partial charge in [0.15, 0.2) is 5.69 Å². The predicted molar refractivity (Wildman–Crippen MR) is 69.5 cm³/mol. The van der Waals surface area contributed by atoms with Crippen LogP contribution in [0.15, 0.2) is 10.6 Å². The van der Waals surface area contributed by atoms with Crippen LogP contribution < -0.4 is 0 Å². The van der Waals surface area contributed by atoms with Gasteiger partial charge in [-0.05, 0) is 19.8 Å². The lowest BCUT2D eigenvalue weighted by Crippen LogP contribution is -2.41. The lowest BCUT2D eigenvalue weighted by atomic mass is 9.98. The van der Waals surface area contributed by atoms with E-state index in [1.54, 1.807) is 13.0 Å². The fourth-order valence-electron chi connectivity index (χ4n) is 2.30. The number of aryl methyl sites for hydroxylation is 1. The van der Waals surface area contributed by atoms with Gasteiger partial charge < -0.3 is 14.2 Å². The van der Waals surface area contributed by atoms with Crippen LogP contribution in [0, 0.1) is 25.2 Å². The second-order valence-corrected chi connectivity index (χ2v) is 4.80. The standard InChI is InChI=1S/C14H18N2O3/c1-3-7-18-10-12-5-4-6-16(9-12)14(17)13-8-11(2)19-15-13/h1,8,12H,4-7,9-10H2,2H3. The summed E-state index contributed by atoms with van der Waals surface area (Å²) in [7, 11) is 0. The number of aromatic nitrogens is 1. The number of terminal acetylenes is 1. The molecule has 1 aromatic heterocycles. The lowest BCUT2D eigenvalue weighted by Gasteiger charge is -2.31. The van der Waals surface area contributed by atoms with E-state index in [9.17, 15) is 4.79 Å². The van der Waals surface area contributed by atoms with Crippen molar-refractivity contribution >= 4 is 5.91 Å². The first-order chi connectivity index (χ1) is 9.20. The SMILES string of the molecule is C#CCOCC1CCCN(C(=O)c2cc(C)on2)C1. The normalized spacial score (nSPS) is 19.2. The Hall–Kier alpha value is -1.80. The molecule has 1 aliphatic heterocycles. The van der Waals surface area contributed by atoms with Gasteiger partial charge in [-0.1, -0.05) is 11.1 Å². The highest BCUT2D eigenvalue weighted by molar-refractivity contribution is 5.92. The zero-order chi connectivity index (χ0) is 13.7. The Bertz CT molecular complexity index is 475. The topological polar surface area (TPSA) is 55.6 Å². The minimum absolute atomic E-state index is 0.0708. The Kier molecular flexibility index (Phi) is 4.58. The molecular weight excluding hydrogens is 244 g/mol. The van der Waals surface area contributed by atoms with Crippen LogP contribution in [0.3, 0.4) is 0 Å². The van der Waals surface area contributed by atoms with Gasteiger partial charge >= 0.3 is 0 Å². The molecule has 1 saturated heterocycles. The number of amides is 1. The van der Waals surface area contributed by atoms with Crippen molar-refractivity contribution in [2.24, 2.45) is 5.92 Å². The summed E-state index contributed by atoms with van der Waals surface area (Å²) in [5.41, 5.74) is 0.377. The maximum atomic E-state index is 12.2. The largest absolute Gasteiger partial charge is 0.368 e. The second kappa shape index (κ2) is 6.39. The van der Waals surface area contributed by atoms with Gasteiger partial charge in [0.05, 0.1) is 6.61 Å². The molecule has 0 N–H and O–H groups in total. The molecule has 102 valence electrons. The van der Waals surface area contributed by atoms with E-state index >= 15 is 0 Å². The van der Waals surface area contributed by atoms with Crippen LogP contribution in [0.1, 0.15) is 29.1 Å². The first-order valence-electron chi connectivity index (χ1n) is 6.44. The van der Waals surface area contributed by atoms with Gasteiger partial charge in [0.25, 0.3) is 5.91 Å². The summed E-state index contributed by atoms with van der Waals surface area (Å²) in [5, 5.41) is 3.77. The van der Waals surface area contributed by atoms with Gasteiger partial charge in [-0.25, -0.2) is 0 Å². The van der Waals surface area contributed by atoms with Gasteiger partial charge in [0.2, 0.25) is 0 Å². The minimum Gasteiger partial charge on any atom is -0.368 e. The summed E-state index contributed by atoms with van der Waals surface area (Å²) in [6.45, 7) is 4.15. The van der Waals surface area contributed by atoms with Crippen LogP contribution >= 0.6 is 0 Å². The van der Waals surface area contributed by atoms with E-state index in [1.165, 1.54) is 0 Å². The average molecular weight is 262 g/mol. The molecule has 5 nitrogen and oxygen atoms in total. The minimum atomic E-state index is -0.0708. The quantitative estimate of drug-likeness (QED) is 0.609. The summed E-state index contributed by atoms with van der Waals surface area (Å²) in [6.07, 6.45) is 7.18. The van der Waals surface area contributed by atoms with E-state index in [2.05, 4.69) is 11.1 Å². The van der Waals surface area contributed by atoms with Crippen molar-refractivity contribution in [1.29, 1.82) is 0 Å². The fourth-order valence-corrected chi connectivity index (χ4v) is 2.30.